The second-order valence-corrected chi connectivity index (χ2v) is 3.68. The summed E-state index contributed by atoms with van der Waals surface area (Å²) in [6, 6.07) is 8.66. The van der Waals surface area contributed by atoms with Crippen LogP contribution in [-0.2, 0) is 0 Å². The fraction of sp³-hybridized carbons (Fsp3) is 0.286. The topological polar surface area (TPSA) is 0 Å². The Labute approximate surface area is 86.0 Å². The lowest BCUT2D eigenvalue weighted by Gasteiger charge is -2.13. The highest BCUT2D eigenvalue weighted by Gasteiger charge is 2.18. The Kier molecular flexibility index (Phi) is 2.53. The molecule has 0 N–H and O–H groups in total. The molecule has 14 heavy (non-hydrogen) atoms. The number of hydrogen-bond acceptors (Lipinski definition) is 0. The van der Waals surface area contributed by atoms with E-state index in [9.17, 15) is 0 Å². The summed E-state index contributed by atoms with van der Waals surface area (Å²) in [4.78, 5) is 0. The van der Waals surface area contributed by atoms with Crippen molar-refractivity contribution in [1.82, 2.24) is 0 Å². The van der Waals surface area contributed by atoms with Crippen LogP contribution in [0.4, 0.5) is 0 Å². The highest BCUT2D eigenvalue weighted by molar-refractivity contribution is 5.64. The molecule has 0 heterocycles. The highest BCUT2D eigenvalue weighted by Crippen LogP contribution is 2.36. The predicted octanol–water partition coefficient (Wildman–Crippen LogP) is 4.15. The van der Waals surface area contributed by atoms with E-state index in [0.29, 0.717) is 5.92 Å². The van der Waals surface area contributed by atoms with Crippen LogP contribution in [0.1, 0.15) is 37.3 Å². The molecule has 72 valence electrons. The van der Waals surface area contributed by atoms with Gasteiger partial charge in [0.2, 0.25) is 0 Å². The van der Waals surface area contributed by atoms with Crippen LogP contribution >= 0.6 is 0 Å². The van der Waals surface area contributed by atoms with Crippen molar-refractivity contribution in [3.05, 3.63) is 53.1 Å². The molecule has 1 aromatic carbocycles. The van der Waals surface area contributed by atoms with E-state index in [1.54, 1.807) is 0 Å². The third kappa shape index (κ3) is 1.41. The number of fused-ring (bicyclic) bond motifs is 1. The van der Waals surface area contributed by atoms with E-state index in [0.717, 1.165) is 6.42 Å². The largest absolute Gasteiger partial charge is 0.0875 e. The van der Waals surface area contributed by atoms with Gasteiger partial charge in [0.15, 0.2) is 0 Å². The second kappa shape index (κ2) is 3.83. The van der Waals surface area contributed by atoms with Crippen molar-refractivity contribution in [2.24, 2.45) is 0 Å². The Morgan fingerprint density at radius 2 is 2.14 bits per heavy atom. The van der Waals surface area contributed by atoms with Gasteiger partial charge in [-0.2, -0.15) is 0 Å². The van der Waals surface area contributed by atoms with Crippen molar-refractivity contribution >= 4 is 6.08 Å². The first-order chi connectivity index (χ1) is 6.86. The molecule has 0 saturated heterocycles. The van der Waals surface area contributed by atoms with Gasteiger partial charge in [0.05, 0.1) is 0 Å². The van der Waals surface area contributed by atoms with Gasteiger partial charge in [-0.1, -0.05) is 55.0 Å². The molecule has 0 saturated carbocycles. The lowest BCUT2D eigenvalue weighted by molar-refractivity contribution is 0.917. The fourth-order valence-electron chi connectivity index (χ4n) is 2.18. The first kappa shape index (κ1) is 9.26. The molecule has 1 aromatic rings. The molecule has 1 atom stereocenters. The van der Waals surface area contributed by atoms with Crippen LogP contribution in [0.15, 0.2) is 42.0 Å². The Bertz CT molecular complexity index is 383. The van der Waals surface area contributed by atoms with Gasteiger partial charge >= 0.3 is 0 Å². The molecule has 0 bridgehead atoms. The molecule has 2 rings (SSSR count). The highest BCUT2D eigenvalue weighted by atomic mass is 14.2. The van der Waals surface area contributed by atoms with Crippen LogP contribution in [0.3, 0.4) is 0 Å². The van der Waals surface area contributed by atoms with Gasteiger partial charge in [-0.15, -0.1) is 0 Å². The molecular formula is C14H16. The van der Waals surface area contributed by atoms with Gasteiger partial charge in [-0.3, -0.25) is 0 Å². The van der Waals surface area contributed by atoms with Crippen LogP contribution in [0.25, 0.3) is 6.08 Å². The molecule has 0 heteroatoms. The summed E-state index contributed by atoms with van der Waals surface area (Å²) in [6.07, 6.45) is 7.93. The van der Waals surface area contributed by atoms with Crippen LogP contribution < -0.4 is 0 Å². The molecule has 0 nitrogen and oxygen atoms in total. The summed E-state index contributed by atoms with van der Waals surface area (Å²) in [5.41, 5.74) is 4.36. The third-order valence-corrected chi connectivity index (χ3v) is 2.98. The number of hydrogen-bond donors (Lipinski definition) is 0. The van der Waals surface area contributed by atoms with Gasteiger partial charge in [-0.25, -0.2) is 0 Å². The SMILES string of the molecule is C/C=C(/CC)[C@H]1C=Cc2ccccc21. The van der Waals surface area contributed by atoms with E-state index in [1.807, 2.05) is 0 Å². The minimum absolute atomic E-state index is 0.529. The van der Waals surface area contributed by atoms with Gasteiger partial charge in [0.25, 0.3) is 0 Å². The van der Waals surface area contributed by atoms with Crippen molar-refractivity contribution in [1.29, 1.82) is 0 Å². The third-order valence-electron chi connectivity index (χ3n) is 2.98. The van der Waals surface area contributed by atoms with Crippen LogP contribution in [-0.4, -0.2) is 0 Å². The van der Waals surface area contributed by atoms with E-state index in [-0.39, 0.29) is 0 Å². The molecule has 0 unspecified atom stereocenters. The smallest absolute Gasteiger partial charge is 0.0237 e. The van der Waals surface area contributed by atoms with E-state index in [1.165, 1.54) is 16.7 Å². The van der Waals surface area contributed by atoms with E-state index >= 15 is 0 Å². The standard InChI is InChI=1S/C14H16/c1-3-11(4-2)14-10-9-12-7-5-6-8-13(12)14/h3,5-10,14H,4H2,1-2H3/b11-3-/t14-/m1/s1. The Hall–Kier alpha value is -1.30. The van der Waals surface area contributed by atoms with Crippen LogP contribution in [0.2, 0.25) is 0 Å². The molecular weight excluding hydrogens is 168 g/mol. The van der Waals surface area contributed by atoms with Crippen LogP contribution in [0.5, 0.6) is 0 Å². The average Bonchev–Trinajstić information content (AvgIpc) is 2.65. The predicted molar refractivity (Wildman–Crippen MR) is 62.3 cm³/mol. The molecule has 0 aliphatic heterocycles. The second-order valence-electron chi connectivity index (χ2n) is 3.68. The maximum Gasteiger partial charge on any atom is 0.0237 e. The number of benzene rings is 1. The molecule has 0 fully saturated rings. The van der Waals surface area contributed by atoms with E-state index < -0.39 is 0 Å². The zero-order chi connectivity index (χ0) is 9.97. The Morgan fingerprint density at radius 1 is 1.36 bits per heavy atom. The molecule has 0 spiro atoms. The maximum atomic E-state index is 2.31. The zero-order valence-corrected chi connectivity index (χ0v) is 8.83. The van der Waals surface area contributed by atoms with E-state index in [2.05, 4.69) is 56.3 Å². The lowest BCUT2D eigenvalue weighted by Crippen LogP contribution is -1.96. The molecule has 0 radical (unpaired) electrons. The zero-order valence-electron chi connectivity index (χ0n) is 8.83. The van der Waals surface area contributed by atoms with Gasteiger partial charge in [0.1, 0.15) is 0 Å². The minimum Gasteiger partial charge on any atom is -0.0875 e. The van der Waals surface area contributed by atoms with Crippen molar-refractivity contribution in [3.8, 4) is 0 Å². The lowest BCUT2D eigenvalue weighted by atomic mass is 9.91. The van der Waals surface area contributed by atoms with Gasteiger partial charge in [-0.05, 0) is 24.5 Å². The first-order valence-electron chi connectivity index (χ1n) is 5.29. The van der Waals surface area contributed by atoms with Crippen molar-refractivity contribution in [3.63, 3.8) is 0 Å². The van der Waals surface area contributed by atoms with Crippen molar-refractivity contribution in [2.45, 2.75) is 26.2 Å². The minimum atomic E-state index is 0.529. The Morgan fingerprint density at radius 3 is 2.86 bits per heavy atom. The molecule has 1 aliphatic rings. The van der Waals surface area contributed by atoms with Crippen molar-refractivity contribution < 1.29 is 0 Å². The summed E-state index contributed by atoms with van der Waals surface area (Å²) in [6.45, 7) is 4.36. The molecule has 0 amide bonds. The maximum absolute atomic E-state index is 2.31. The van der Waals surface area contributed by atoms with Gasteiger partial charge < -0.3 is 0 Å². The van der Waals surface area contributed by atoms with E-state index in [4.69, 9.17) is 0 Å². The number of rotatable bonds is 2. The molecule has 1 aliphatic carbocycles. The summed E-state index contributed by atoms with van der Waals surface area (Å²) >= 11 is 0. The first-order valence-corrected chi connectivity index (χ1v) is 5.29. The summed E-state index contributed by atoms with van der Waals surface area (Å²) < 4.78 is 0. The summed E-state index contributed by atoms with van der Waals surface area (Å²) in [5, 5.41) is 0. The summed E-state index contributed by atoms with van der Waals surface area (Å²) in [5.74, 6) is 0.529. The number of allylic oxidation sites excluding steroid dienone is 3. The Balaban J connectivity index is 2.39. The van der Waals surface area contributed by atoms with Crippen molar-refractivity contribution in [2.75, 3.05) is 0 Å². The summed E-state index contributed by atoms with van der Waals surface area (Å²) in [7, 11) is 0. The molecule has 0 aromatic heterocycles. The monoisotopic (exact) mass is 184 g/mol. The normalized spacial score (nSPS) is 19.9. The quantitative estimate of drug-likeness (QED) is 0.605. The fourth-order valence-corrected chi connectivity index (χ4v) is 2.18. The van der Waals surface area contributed by atoms with Crippen LogP contribution in [0, 0.1) is 0 Å². The average molecular weight is 184 g/mol. The van der Waals surface area contributed by atoms with Gasteiger partial charge in [0, 0.05) is 5.92 Å².